The number of hydrogen-bond donors (Lipinski definition) is 0. The zero-order valence-electron chi connectivity index (χ0n) is 17.4. The summed E-state index contributed by atoms with van der Waals surface area (Å²) in [5, 5.41) is 10.1. The molecule has 0 spiro atoms. The fraction of sp³-hybridized carbons (Fsp3) is 0.500. The smallest absolute Gasteiger partial charge is 0.0661 e. The average Bonchev–Trinajstić information content (AvgIpc) is 3.17. The molecular formula is C26H33N3. The van der Waals surface area contributed by atoms with Crippen LogP contribution in [0.5, 0.6) is 0 Å². The van der Waals surface area contributed by atoms with Crippen LogP contribution in [-0.2, 0) is 0 Å². The Morgan fingerprint density at radius 3 is 1.52 bits per heavy atom. The third-order valence-electron chi connectivity index (χ3n) is 6.95. The maximum Gasteiger partial charge on any atom is 0.0661 e. The van der Waals surface area contributed by atoms with E-state index in [-0.39, 0.29) is 5.92 Å². The van der Waals surface area contributed by atoms with E-state index < -0.39 is 0 Å². The van der Waals surface area contributed by atoms with E-state index >= 15 is 0 Å². The maximum absolute atomic E-state index is 10.1. The zero-order chi connectivity index (χ0) is 19.9. The van der Waals surface area contributed by atoms with Crippen molar-refractivity contribution in [3.63, 3.8) is 0 Å². The van der Waals surface area contributed by atoms with E-state index in [1.807, 2.05) is 0 Å². The normalized spacial score (nSPS) is 24.2. The first-order chi connectivity index (χ1) is 14.3. The molecular weight excluding hydrogens is 354 g/mol. The molecule has 0 aromatic heterocycles. The second kappa shape index (κ2) is 9.83. The number of para-hydroxylation sites is 2. The molecule has 0 amide bonds. The van der Waals surface area contributed by atoms with Gasteiger partial charge in [0.25, 0.3) is 0 Å². The second-order valence-electron chi connectivity index (χ2n) is 8.68. The predicted molar refractivity (Wildman–Crippen MR) is 121 cm³/mol. The Balaban J connectivity index is 1.38. The van der Waals surface area contributed by atoms with Crippen LogP contribution in [0.3, 0.4) is 0 Å². The Kier molecular flexibility index (Phi) is 6.72. The predicted octanol–water partition coefficient (Wildman–Crippen LogP) is 5.74. The van der Waals surface area contributed by atoms with Crippen LogP contribution in [-0.4, -0.2) is 26.2 Å². The van der Waals surface area contributed by atoms with E-state index in [9.17, 15) is 5.26 Å². The number of benzene rings is 2. The van der Waals surface area contributed by atoms with E-state index in [1.54, 1.807) is 0 Å². The standard InChI is InChI=1S/C26H33N3/c27-21-26(22-9-7-17-28(19-15-22)24-11-3-1-4-12-24)23-10-8-18-29(20-16-23)25-13-5-2-6-14-25/h1-6,11-14,22-23,26H,7-10,15-20H2. The number of hydrogen-bond acceptors (Lipinski definition) is 3. The summed E-state index contributed by atoms with van der Waals surface area (Å²) in [6.45, 7) is 4.39. The highest BCUT2D eigenvalue weighted by molar-refractivity contribution is 5.46. The third kappa shape index (κ3) is 4.93. The summed E-state index contributed by atoms with van der Waals surface area (Å²) >= 11 is 0. The van der Waals surface area contributed by atoms with Crippen molar-refractivity contribution in [3.05, 3.63) is 60.7 Å². The van der Waals surface area contributed by atoms with Crippen molar-refractivity contribution in [2.45, 2.75) is 38.5 Å². The van der Waals surface area contributed by atoms with Gasteiger partial charge in [-0.05, 0) is 74.6 Å². The SMILES string of the molecule is N#CC(C1CCCN(c2ccccc2)CC1)C1CCCN(c2ccccc2)CC1. The van der Waals surface area contributed by atoms with Gasteiger partial charge >= 0.3 is 0 Å². The van der Waals surface area contributed by atoms with Crippen LogP contribution in [0.2, 0.25) is 0 Å². The summed E-state index contributed by atoms with van der Waals surface area (Å²) in [6.07, 6.45) is 7.07. The van der Waals surface area contributed by atoms with Gasteiger partial charge in [-0.1, -0.05) is 36.4 Å². The molecule has 2 heterocycles. The molecule has 4 rings (SSSR count). The average molecular weight is 388 g/mol. The lowest BCUT2D eigenvalue weighted by molar-refractivity contribution is 0.249. The van der Waals surface area contributed by atoms with Gasteiger partial charge in [0, 0.05) is 37.6 Å². The van der Waals surface area contributed by atoms with Crippen LogP contribution in [0.25, 0.3) is 0 Å². The summed E-state index contributed by atoms with van der Waals surface area (Å²) in [4.78, 5) is 5.03. The minimum atomic E-state index is 0.210. The van der Waals surface area contributed by atoms with Crippen molar-refractivity contribution in [1.29, 1.82) is 5.26 Å². The van der Waals surface area contributed by atoms with E-state index in [1.165, 1.54) is 37.1 Å². The number of nitriles is 1. The van der Waals surface area contributed by atoms with Crippen LogP contribution in [0.15, 0.2) is 60.7 Å². The van der Waals surface area contributed by atoms with Crippen molar-refractivity contribution in [3.8, 4) is 6.07 Å². The first-order valence-corrected chi connectivity index (χ1v) is 11.3. The van der Waals surface area contributed by atoms with Crippen LogP contribution in [0.1, 0.15) is 38.5 Å². The molecule has 0 N–H and O–H groups in total. The molecule has 0 radical (unpaired) electrons. The Bertz CT molecular complexity index is 721. The second-order valence-corrected chi connectivity index (χ2v) is 8.68. The quantitative estimate of drug-likeness (QED) is 0.670. The summed E-state index contributed by atoms with van der Waals surface area (Å²) < 4.78 is 0. The van der Waals surface area contributed by atoms with Gasteiger partial charge in [-0.2, -0.15) is 5.26 Å². The number of rotatable bonds is 4. The van der Waals surface area contributed by atoms with Crippen LogP contribution < -0.4 is 9.80 Å². The van der Waals surface area contributed by atoms with E-state index in [0.29, 0.717) is 11.8 Å². The highest BCUT2D eigenvalue weighted by Crippen LogP contribution is 2.36. The monoisotopic (exact) mass is 387 g/mol. The molecule has 29 heavy (non-hydrogen) atoms. The van der Waals surface area contributed by atoms with Gasteiger partial charge in [0.2, 0.25) is 0 Å². The Morgan fingerprint density at radius 2 is 1.10 bits per heavy atom. The molecule has 2 aromatic carbocycles. The van der Waals surface area contributed by atoms with Gasteiger partial charge in [-0.15, -0.1) is 0 Å². The van der Waals surface area contributed by atoms with Gasteiger partial charge in [0.15, 0.2) is 0 Å². The largest absolute Gasteiger partial charge is 0.372 e. The molecule has 2 saturated heterocycles. The first-order valence-electron chi connectivity index (χ1n) is 11.3. The van der Waals surface area contributed by atoms with E-state index in [0.717, 1.165) is 39.0 Å². The summed E-state index contributed by atoms with van der Waals surface area (Å²) in [5.74, 6) is 1.30. The van der Waals surface area contributed by atoms with Crippen molar-refractivity contribution in [2.75, 3.05) is 36.0 Å². The van der Waals surface area contributed by atoms with Crippen molar-refractivity contribution >= 4 is 11.4 Å². The number of anilines is 2. The molecule has 3 heteroatoms. The summed E-state index contributed by atoms with van der Waals surface area (Å²) in [5.41, 5.74) is 2.66. The van der Waals surface area contributed by atoms with Gasteiger partial charge < -0.3 is 9.80 Å². The van der Waals surface area contributed by atoms with Gasteiger partial charge in [0.05, 0.1) is 12.0 Å². The van der Waals surface area contributed by atoms with Crippen LogP contribution >= 0.6 is 0 Å². The highest BCUT2D eigenvalue weighted by Gasteiger charge is 2.32. The van der Waals surface area contributed by atoms with E-state index in [2.05, 4.69) is 76.5 Å². The van der Waals surface area contributed by atoms with Crippen molar-refractivity contribution in [2.24, 2.45) is 17.8 Å². The van der Waals surface area contributed by atoms with E-state index in [4.69, 9.17) is 0 Å². The maximum atomic E-state index is 10.1. The minimum absolute atomic E-state index is 0.210. The molecule has 2 fully saturated rings. The van der Waals surface area contributed by atoms with Crippen molar-refractivity contribution < 1.29 is 0 Å². The van der Waals surface area contributed by atoms with Gasteiger partial charge in [-0.3, -0.25) is 0 Å². The minimum Gasteiger partial charge on any atom is -0.372 e. The molecule has 2 atom stereocenters. The first kappa shape index (κ1) is 19.8. The fourth-order valence-electron chi connectivity index (χ4n) is 5.35. The lowest BCUT2D eigenvalue weighted by Gasteiger charge is -2.28. The van der Waals surface area contributed by atoms with Crippen LogP contribution in [0, 0.1) is 29.1 Å². The van der Waals surface area contributed by atoms with Crippen molar-refractivity contribution in [1.82, 2.24) is 0 Å². The topological polar surface area (TPSA) is 30.3 Å². The molecule has 3 nitrogen and oxygen atoms in total. The third-order valence-corrected chi connectivity index (χ3v) is 6.95. The zero-order valence-corrected chi connectivity index (χ0v) is 17.4. The fourth-order valence-corrected chi connectivity index (χ4v) is 5.35. The molecule has 2 aliphatic heterocycles. The molecule has 2 aliphatic rings. The van der Waals surface area contributed by atoms with Crippen LogP contribution in [0.4, 0.5) is 11.4 Å². The van der Waals surface area contributed by atoms with Gasteiger partial charge in [-0.25, -0.2) is 0 Å². The molecule has 0 aliphatic carbocycles. The lowest BCUT2D eigenvalue weighted by Crippen LogP contribution is -2.27. The summed E-state index contributed by atoms with van der Waals surface area (Å²) in [6, 6.07) is 24.3. The lowest BCUT2D eigenvalue weighted by atomic mass is 9.76. The number of nitrogens with zero attached hydrogens (tertiary/aromatic N) is 3. The highest BCUT2D eigenvalue weighted by atomic mass is 15.1. The molecule has 0 bridgehead atoms. The molecule has 152 valence electrons. The molecule has 2 aromatic rings. The Labute approximate surface area is 175 Å². The van der Waals surface area contributed by atoms with Gasteiger partial charge in [0.1, 0.15) is 0 Å². The summed E-state index contributed by atoms with van der Waals surface area (Å²) in [7, 11) is 0. The Hall–Kier alpha value is -2.47. The molecule has 0 saturated carbocycles. The molecule has 2 unspecified atom stereocenters. The Morgan fingerprint density at radius 1 is 0.655 bits per heavy atom.